The summed E-state index contributed by atoms with van der Waals surface area (Å²) in [6.45, 7) is 2.27. The van der Waals surface area contributed by atoms with Crippen molar-refractivity contribution in [2.75, 3.05) is 6.54 Å². The monoisotopic (exact) mass is 396 g/mol. The first-order valence-electron chi connectivity index (χ1n) is 7.76. The normalized spacial score (nSPS) is 11.8. The molecule has 0 fully saturated rings. The summed E-state index contributed by atoms with van der Waals surface area (Å²) in [6, 6.07) is 9.75. The number of thiazole rings is 1. The lowest BCUT2D eigenvalue weighted by Gasteiger charge is -2.03. The largest absolute Gasteiger partial charge is 0.250 e. The van der Waals surface area contributed by atoms with Gasteiger partial charge in [-0.2, -0.15) is 0 Å². The Bertz CT molecular complexity index is 964. The van der Waals surface area contributed by atoms with Crippen LogP contribution in [0.3, 0.4) is 0 Å². The van der Waals surface area contributed by atoms with Crippen molar-refractivity contribution in [2.45, 2.75) is 24.0 Å². The molecule has 0 unspecified atom stereocenters. The fourth-order valence-corrected chi connectivity index (χ4v) is 5.48. The Morgan fingerprint density at radius 1 is 1.24 bits per heavy atom. The van der Waals surface area contributed by atoms with Gasteiger partial charge in [0.15, 0.2) is 0 Å². The molecule has 0 saturated heterocycles. The zero-order chi connectivity index (χ0) is 17.9. The molecule has 1 N–H and O–H groups in total. The third-order valence-corrected chi connectivity index (χ3v) is 7.67. The van der Waals surface area contributed by atoms with Gasteiger partial charge in [-0.15, -0.1) is 22.7 Å². The van der Waals surface area contributed by atoms with Crippen molar-refractivity contribution in [3.8, 4) is 10.6 Å². The van der Waals surface area contributed by atoms with E-state index in [0.29, 0.717) is 10.6 Å². The molecule has 0 aliphatic heterocycles. The number of hydrogen-bond acceptors (Lipinski definition) is 5. The zero-order valence-corrected chi connectivity index (χ0v) is 16.0. The molecule has 132 valence electrons. The van der Waals surface area contributed by atoms with Crippen LogP contribution in [0.2, 0.25) is 0 Å². The summed E-state index contributed by atoms with van der Waals surface area (Å²) < 4.78 is 40.7. The minimum absolute atomic E-state index is 0.272. The molecular formula is C17H17FN2O2S3. The first-order valence-corrected chi connectivity index (χ1v) is 10.9. The van der Waals surface area contributed by atoms with Gasteiger partial charge in [-0.1, -0.05) is 19.1 Å². The quantitative estimate of drug-likeness (QED) is 0.654. The number of thiophene rings is 1. The molecule has 3 aromatic rings. The maximum atomic E-state index is 13.3. The van der Waals surface area contributed by atoms with E-state index in [1.165, 1.54) is 34.8 Å². The van der Waals surface area contributed by atoms with Gasteiger partial charge in [0.25, 0.3) is 0 Å². The van der Waals surface area contributed by atoms with Gasteiger partial charge in [0.1, 0.15) is 15.0 Å². The summed E-state index contributed by atoms with van der Waals surface area (Å²) in [5, 5.41) is 2.60. The topological polar surface area (TPSA) is 59.1 Å². The van der Waals surface area contributed by atoms with E-state index in [1.807, 2.05) is 18.4 Å². The van der Waals surface area contributed by atoms with Crippen LogP contribution in [0.15, 0.2) is 46.0 Å². The highest BCUT2D eigenvalue weighted by Crippen LogP contribution is 2.25. The highest BCUT2D eigenvalue weighted by molar-refractivity contribution is 7.91. The SMILES string of the molecule is CCc1ccc(S(=O)(=O)NCCc2csc(-c3cccc(F)c3)n2)s1. The molecule has 0 bridgehead atoms. The van der Waals surface area contributed by atoms with Gasteiger partial charge in [0, 0.05) is 28.8 Å². The van der Waals surface area contributed by atoms with Crippen LogP contribution in [0.5, 0.6) is 0 Å². The van der Waals surface area contributed by atoms with Crippen LogP contribution in [0.1, 0.15) is 17.5 Å². The zero-order valence-electron chi connectivity index (χ0n) is 13.5. The number of nitrogens with one attached hydrogen (secondary N) is 1. The van der Waals surface area contributed by atoms with Crippen molar-refractivity contribution in [1.82, 2.24) is 9.71 Å². The summed E-state index contributed by atoms with van der Waals surface area (Å²) in [7, 11) is -3.48. The van der Waals surface area contributed by atoms with E-state index >= 15 is 0 Å². The number of sulfonamides is 1. The summed E-state index contributed by atoms with van der Waals surface area (Å²) in [6.07, 6.45) is 1.30. The van der Waals surface area contributed by atoms with Crippen LogP contribution >= 0.6 is 22.7 Å². The average molecular weight is 397 g/mol. The van der Waals surface area contributed by atoms with E-state index in [4.69, 9.17) is 0 Å². The molecule has 0 aliphatic rings. The van der Waals surface area contributed by atoms with Crippen molar-refractivity contribution >= 4 is 32.7 Å². The molecule has 1 aromatic carbocycles. The van der Waals surface area contributed by atoms with Gasteiger partial charge in [0.05, 0.1) is 5.69 Å². The molecule has 0 radical (unpaired) electrons. The number of nitrogens with zero attached hydrogens (tertiary/aromatic N) is 1. The molecule has 0 spiro atoms. The van der Waals surface area contributed by atoms with Crippen LogP contribution < -0.4 is 4.72 Å². The van der Waals surface area contributed by atoms with E-state index in [0.717, 1.165) is 27.6 Å². The van der Waals surface area contributed by atoms with E-state index < -0.39 is 10.0 Å². The molecule has 0 atom stereocenters. The fraction of sp³-hybridized carbons (Fsp3) is 0.235. The van der Waals surface area contributed by atoms with Gasteiger partial charge in [0.2, 0.25) is 10.0 Å². The Morgan fingerprint density at radius 3 is 2.80 bits per heavy atom. The minimum Gasteiger partial charge on any atom is -0.241 e. The van der Waals surface area contributed by atoms with E-state index in [2.05, 4.69) is 9.71 Å². The summed E-state index contributed by atoms with van der Waals surface area (Å²) in [4.78, 5) is 5.49. The van der Waals surface area contributed by atoms with Crippen molar-refractivity contribution in [3.05, 3.63) is 58.2 Å². The second-order valence-electron chi connectivity index (χ2n) is 5.38. The molecule has 0 aliphatic carbocycles. The van der Waals surface area contributed by atoms with Crippen LogP contribution in [0, 0.1) is 5.82 Å². The Balaban J connectivity index is 1.61. The molecule has 0 saturated carbocycles. The van der Waals surface area contributed by atoms with Gasteiger partial charge >= 0.3 is 0 Å². The number of aryl methyl sites for hydroxylation is 1. The summed E-state index contributed by atoms with van der Waals surface area (Å²) >= 11 is 2.71. The van der Waals surface area contributed by atoms with Crippen LogP contribution in [0.25, 0.3) is 10.6 Å². The first-order chi connectivity index (χ1) is 12.0. The molecular weight excluding hydrogens is 379 g/mol. The first kappa shape index (κ1) is 18.2. The van der Waals surface area contributed by atoms with Gasteiger partial charge in [-0.3, -0.25) is 0 Å². The number of hydrogen-bond donors (Lipinski definition) is 1. The second-order valence-corrected chi connectivity index (χ2v) is 9.40. The maximum Gasteiger partial charge on any atom is 0.250 e. The fourth-order valence-electron chi connectivity index (χ4n) is 2.25. The standard InChI is InChI=1S/C17H17FN2O2S3/c1-2-15-6-7-16(24-15)25(21,22)19-9-8-14-11-23-17(20-14)12-4-3-5-13(18)10-12/h3-7,10-11,19H,2,8-9H2,1H3. The van der Waals surface area contributed by atoms with Crippen LogP contribution in [0.4, 0.5) is 4.39 Å². The number of halogens is 1. The van der Waals surface area contributed by atoms with E-state index in [9.17, 15) is 12.8 Å². The minimum atomic E-state index is -3.48. The van der Waals surface area contributed by atoms with Crippen molar-refractivity contribution in [1.29, 1.82) is 0 Å². The Kier molecular flexibility index (Phi) is 5.63. The third-order valence-electron chi connectivity index (χ3n) is 3.55. The predicted octanol–water partition coefficient (Wildman–Crippen LogP) is 4.09. The Morgan fingerprint density at radius 2 is 2.08 bits per heavy atom. The molecule has 0 amide bonds. The van der Waals surface area contributed by atoms with Gasteiger partial charge in [-0.05, 0) is 30.7 Å². The smallest absolute Gasteiger partial charge is 0.241 e. The number of rotatable bonds is 7. The lowest BCUT2D eigenvalue weighted by atomic mass is 10.2. The lowest BCUT2D eigenvalue weighted by Crippen LogP contribution is -2.25. The van der Waals surface area contributed by atoms with Crippen molar-refractivity contribution in [3.63, 3.8) is 0 Å². The number of aromatic nitrogens is 1. The molecule has 2 aromatic heterocycles. The molecule has 25 heavy (non-hydrogen) atoms. The van der Waals surface area contributed by atoms with Crippen LogP contribution in [-0.4, -0.2) is 19.9 Å². The van der Waals surface area contributed by atoms with Crippen molar-refractivity contribution in [2.24, 2.45) is 0 Å². The maximum absolute atomic E-state index is 13.3. The molecule has 3 rings (SSSR count). The highest BCUT2D eigenvalue weighted by atomic mass is 32.2. The second kappa shape index (κ2) is 7.74. The molecule has 2 heterocycles. The van der Waals surface area contributed by atoms with E-state index in [1.54, 1.807) is 18.2 Å². The predicted molar refractivity (Wildman–Crippen MR) is 100 cm³/mol. The van der Waals surface area contributed by atoms with Crippen molar-refractivity contribution < 1.29 is 12.8 Å². The van der Waals surface area contributed by atoms with Crippen LogP contribution in [-0.2, 0) is 22.9 Å². The van der Waals surface area contributed by atoms with Gasteiger partial charge < -0.3 is 0 Å². The average Bonchev–Trinajstić information content (AvgIpc) is 3.24. The van der Waals surface area contributed by atoms with E-state index in [-0.39, 0.29) is 12.4 Å². The molecule has 8 heteroatoms. The number of benzene rings is 1. The molecule has 4 nitrogen and oxygen atoms in total. The van der Waals surface area contributed by atoms with Gasteiger partial charge in [-0.25, -0.2) is 22.5 Å². The lowest BCUT2D eigenvalue weighted by molar-refractivity contribution is 0.583. The Hall–Kier alpha value is -1.61. The Labute approximate surface area is 154 Å². The third kappa shape index (κ3) is 4.52. The summed E-state index contributed by atoms with van der Waals surface area (Å²) in [5.74, 6) is -0.301. The highest BCUT2D eigenvalue weighted by Gasteiger charge is 2.16. The summed E-state index contributed by atoms with van der Waals surface area (Å²) in [5.41, 5.74) is 1.51.